The van der Waals surface area contributed by atoms with E-state index in [0.29, 0.717) is 5.56 Å². The summed E-state index contributed by atoms with van der Waals surface area (Å²) in [6.07, 6.45) is 1.78. The number of amides is 1. The van der Waals surface area contributed by atoms with Gasteiger partial charge in [-0.3, -0.25) is 9.78 Å². The molecule has 0 aliphatic heterocycles. The largest absolute Gasteiger partial charge is 0.366 e. The number of carbonyl (C=O) groups is 1. The van der Waals surface area contributed by atoms with Crippen LogP contribution in [0, 0.1) is 6.92 Å². The fourth-order valence-electron chi connectivity index (χ4n) is 2.24. The number of hydrogen-bond acceptors (Lipinski definition) is 3. The molecule has 4 nitrogen and oxygen atoms in total. The highest BCUT2D eigenvalue weighted by atomic mass is 16.1. The first kappa shape index (κ1) is 13.1. The summed E-state index contributed by atoms with van der Waals surface area (Å²) < 4.78 is 0. The van der Waals surface area contributed by atoms with Gasteiger partial charge in [-0.1, -0.05) is 12.1 Å². The lowest BCUT2D eigenvalue weighted by Gasteiger charge is -2.10. The van der Waals surface area contributed by atoms with Crippen molar-refractivity contribution in [2.24, 2.45) is 5.73 Å². The molecule has 0 saturated heterocycles. The van der Waals surface area contributed by atoms with Crippen LogP contribution in [0.1, 0.15) is 15.9 Å². The summed E-state index contributed by atoms with van der Waals surface area (Å²) in [6, 6.07) is 15.2. The van der Waals surface area contributed by atoms with Crippen LogP contribution in [0.25, 0.3) is 10.9 Å². The molecule has 4 heteroatoms. The molecule has 1 heterocycles. The summed E-state index contributed by atoms with van der Waals surface area (Å²) in [4.78, 5) is 15.5. The van der Waals surface area contributed by atoms with Crippen molar-refractivity contribution in [1.82, 2.24) is 4.98 Å². The van der Waals surface area contributed by atoms with Gasteiger partial charge < -0.3 is 11.1 Å². The second kappa shape index (κ2) is 5.25. The molecule has 3 aromatic rings. The Morgan fingerprint density at radius 3 is 2.57 bits per heavy atom. The third-order valence-corrected chi connectivity index (χ3v) is 3.35. The minimum Gasteiger partial charge on any atom is -0.366 e. The Hall–Kier alpha value is -2.88. The second-order valence-electron chi connectivity index (χ2n) is 4.95. The van der Waals surface area contributed by atoms with Crippen molar-refractivity contribution >= 4 is 28.2 Å². The molecule has 0 bridgehead atoms. The molecule has 1 aromatic heterocycles. The van der Waals surface area contributed by atoms with Crippen LogP contribution in [0.5, 0.6) is 0 Å². The molecule has 0 fully saturated rings. The first-order valence-electron chi connectivity index (χ1n) is 6.66. The van der Waals surface area contributed by atoms with Crippen molar-refractivity contribution in [3.8, 4) is 0 Å². The highest BCUT2D eigenvalue weighted by Crippen LogP contribution is 2.25. The molecule has 1 amide bonds. The Morgan fingerprint density at radius 2 is 1.86 bits per heavy atom. The second-order valence-corrected chi connectivity index (χ2v) is 4.95. The smallest absolute Gasteiger partial charge is 0.248 e. The number of aromatic nitrogens is 1. The zero-order valence-electron chi connectivity index (χ0n) is 11.6. The summed E-state index contributed by atoms with van der Waals surface area (Å²) in [7, 11) is 0. The topological polar surface area (TPSA) is 68.0 Å². The van der Waals surface area contributed by atoms with Crippen molar-refractivity contribution < 1.29 is 4.79 Å². The summed E-state index contributed by atoms with van der Waals surface area (Å²) in [5.74, 6) is -0.425. The Bertz CT molecular complexity index is 810. The number of pyridine rings is 1. The molecule has 0 aliphatic rings. The standard InChI is InChI=1S/C17H15N3O/c1-11-2-7-14-15(8-9-19-16(14)10-11)20-13-5-3-12(4-6-13)17(18)21/h2-10H,1H3,(H2,18,21)(H,19,20). The number of nitrogens with one attached hydrogen (secondary N) is 1. The van der Waals surface area contributed by atoms with E-state index in [1.54, 1.807) is 18.3 Å². The van der Waals surface area contributed by atoms with Gasteiger partial charge >= 0.3 is 0 Å². The minimum atomic E-state index is -0.425. The van der Waals surface area contributed by atoms with Crippen LogP contribution in [0.2, 0.25) is 0 Å². The van der Waals surface area contributed by atoms with Gasteiger partial charge in [0.25, 0.3) is 0 Å². The molecule has 0 spiro atoms. The van der Waals surface area contributed by atoms with E-state index in [9.17, 15) is 4.79 Å². The Labute approximate surface area is 122 Å². The van der Waals surface area contributed by atoms with E-state index in [2.05, 4.69) is 28.5 Å². The number of rotatable bonds is 3. The number of fused-ring (bicyclic) bond motifs is 1. The number of hydrogen-bond donors (Lipinski definition) is 2. The van der Waals surface area contributed by atoms with E-state index < -0.39 is 5.91 Å². The van der Waals surface area contributed by atoms with E-state index >= 15 is 0 Å². The molecule has 104 valence electrons. The minimum absolute atomic E-state index is 0.425. The van der Waals surface area contributed by atoms with Gasteiger partial charge in [0.05, 0.1) is 5.52 Å². The molecule has 0 atom stereocenters. The predicted octanol–water partition coefficient (Wildman–Crippen LogP) is 3.39. The summed E-state index contributed by atoms with van der Waals surface area (Å²) in [6.45, 7) is 2.05. The summed E-state index contributed by atoms with van der Waals surface area (Å²) in [5, 5.41) is 4.40. The van der Waals surface area contributed by atoms with Gasteiger partial charge in [0, 0.05) is 28.5 Å². The normalized spacial score (nSPS) is 10.5. The highest BCUT2D eigenvalue weighted by Gasteiger charge is 2.04. The number of aryl methyl sites for hydroxylation is 1. The monoisotopic (exact) mass is 277 g/mol. The van der Waals surface area contributed by atoms with Gasteiger partial charge in [0.2, 0.25) is 5.91 Å². The number of nitrogens with two attached hydrogens (primary N) is 1. The number of carbonyl (C=O) groups excluding carboxylic acids is 1. The third-order valence-electron chi connectivity index (χ3n) is 3.35. The molecule has 3 rings (SSSR count). The Morgan fingerprint density at radius 1 is 1.10 bits per heavy atom. The molecule has 0 saturated carbocycles. The van der Waals surface area contributed by atoms with Crippen molar-refractivity contribution in [3.05, 3.63) is 65.9 Å². The van der Waals surface area contributed by atoms with Crippen molar-refractivity contribution in [1.29, 1.82) is 0 Å². The molecule has 0 radical (unpaired) electrons. The van der Waals surface area contributed by atoms with Crippen molar-refractivity contribution in [2.75, 3.05) is 5.32 Å². The molecule has 3 N–H and O–H groups in total. The van der Waals surface area contributed by atoms with Crippen molar-refractivity contribution in [3.63, 3.8) is 0 Å². The lowest BCUT2D eigenvalue weighted by Crippen LogP contribution is -2.10. The van der Waals surface area contributed by atoms with Gasteiger partial charge in [-0.25, -0.2) is 0 Å². The van der Waals surface area contributed by atoms with Crippen LogP contribution in [-0.4, -0.2) is 10.9 Å². The lowest BCUT2D eigenvalue weighted by molar-refractivity contribution is 0.100. The van der Waals surface area contributed by atoms with E-state index in [0.717, 1.165) is 22.3 Å². The SMILES string of the molecule is Cc1ccc2c(Nc3ccc(C(N)=O)cc3)ccnc2c1. The van der Waals surface area contributed by atoms with Gasteiger partial charge in [0.15, 0.2) is 0 Å². The first-order valence-corrected chi connectivity index (χ1v) is 6.66. The molecule has 0 aliphatic carbocycles. The van der Waals surface area contributed by atoms with Crippen LogP contribution in [0.3, 0.4) is 0 Å². The van der Waals surface area contributed by atoms with Crippen LogP contribution >= 0.6 is 0 Å². The maximum absolute atomic E-state index is 11.1. The van der Waals surface area contributed by atoms with Gasteiger partial charge in [-0.05, 0) is 48.9 Å². The average Bonchev–Trinajstić information content (AvgIpc) is 2.47. The van der Waals surface area contributed by atoms with Crippen LogP contribution in [0.4, 0.5) is 11.4 Å². The number of benzene rings is 2. The zero-order chi connectivity index (χ0) is 14.8. The quantitative estimate of drug-likeness (QED) is 0.771. The van der Waals surface area contributed by atoms with Gasteiger partial charge in [-0.15, -0.1) is 0 Å². The van der Waals surface area contributed by atoms with E-state index in [1.165, 1.54) is 5.56 Å². The average molecular weight is 277 g/mol. The van der Waals surface area contributed by atoms with Crippen molar-refractivity contribution in [2.45, 2.75) is 6.92 Å². The van der Waals surface area contributed by atoms with E-state index in [4.69, 9.17) is 5.73 Å². The molecule has 21 heavy (non-hydrogen) atoms. The van der Waals surface area contributed by atoms with Crippen LogP contribution in [-0.2, 0) is 0 Å². The zero-order valence-corrected chi connectivity index (χ0v) is 11.6. The molecule has 2 aromatic carbocycles. The Balaban J connectivity index is 1.96. The van der Waals surface area contributed by atoms with Crippen LogP contribution in [0.15, 0.2) is 54.7 Å². The van der Waals surface area contributed by atoms with E-state index in [-0.39, 0.29) is 0 Å². The lowest BCUT2D eigenvalue weighted by atomic mass is 10.1. The van der Waals surface area contributed by atoms with Gasteiger partial charge in [-0.2, -0.15) is 0 Å². The maximum atomic E-state index is 11.1. The first-order chi connectivity index (χ1) is 10.1. The fourth-order valence-corrected chi connectivity index (χ4v) is 2.24. The molecular formula is C17H15N3O. The van der Waals surface area contributed by atoms with Crippen LogP contribution < -0.4 is 11.1 Å². The predicted molar refractivity (Wildman–Crippen MR) is 84.7 cm³/mol. The molecular weight excluding hydrogens is 262 g/mol. The molecule has 0 unspecified atom stereocenters. The Kier molecular flexibility index (Phi) is 3.28. The fraction of sp³-hybridized carbons (Fsp3) is 0.0588. The number of anilines is 2. The summed E-state index contributed by atoms with van der Waals surface area (Å²) in [5.41, 5.74) is 9.74. The summed E-state index contributed by atoms with van der Waals surface area (Å²) >= 11 is 0. The number of primary amides is 1. The maximum Gasteiger partial charge on any atom is 0.248 e. The highest BCUT2D eigenvalue weighted by molar-refractivity contribution is 5.94. The third kappa shape index (κ3) is 2.69. The van der Waals surface area contributed by atoms with E-state index in [1.807, 2.05) is 25.1 Å². The van der Waals surface area contributed by atoms with Gasteiger partial charge in [0.1, 0.15) is 0 Å². The number of nitrogens with zero attached hydrogens (tertiary/aromatic N) is 1.